The first kappa shape index (κ1) is 30.6. The minimum Gasteiger partial charge on any atom is -0.453 e. The van der Waals surface area contributed by atoms with Crippen molar-refractivity contribution in [1.82, 2.24) is 10.6 Å². The van der Waals surface area contributed by atoms with Crippen LogP contribution in [0.1, 0.15) is 39.0 Å². The molecule has 2 atom stereocenters. The molecule has 0 radical (unpaired) electrons. The minimum absolute atomic E-state index is 0.0752. The summed E-state index contributed by atoms with van der Waals surface area (Å²) >= 11 is 0. The molecule has 0 unspecified atom stereocenters. The van der Waals surface area contributed by atoms with Gasteiger partial charge in [-0.2, -0.15) is 0 Å². The maximum atomic E-state index is 13.3. The molecule has 0 bridgehead atoms. The highest BCUT2D eigenvalue weighted by atomic mass is 16.6. The summed E-state index contributed by atoms with van der Waals surface area (Å²) in [6.07, 6.45) is 1.27. The standard InChI is InChI=1S/C22H34N8O7/c1-3-4-6-16(28-22(34)37-2)20(33)27-13-18(31)29(14-8-10-15(11-9-14)30(35)36)17(19(23)32)7-5-12-26-21(24)25/h8-11,16-17H,3-7,12-13H2,1-2H3,(H2,23,32)(H,27,33)(H,28,34)(H4,24,25,26)/t16-,17+/m1/s1. The maximum Gasteiger partial charge on any atom is 0.407 e. The Balaban J connectivity index is 3.16. The largest absolute Gasteiger partial charge is 0.453 e. The topological polar surface area (TPSA) is 238 Å². The molecule has 0 heterocycles. The molecule has 0 spiro atoms. The second-order valence-corrected chi connectivity index (χ2v) is 7.95. The van der Waals surface area contributed by atoms with E-state index >= 15 is 0 Å². The zero-order valence-electron chi connectivity index (χ0n) is 20.8. The zero-order chi connectivity index (χ0) is 28.0. The van der Waals surface area contributed by atoms with Crippen LogP contribution in [-0.2, 0) is 19.1 Å². The Kier molecular flexibility index (Phi) is 12.9. The molecular formula is C22H34N8O7. The van der Waals surface area contributed by atoms with E-state index in [0.717, 1.165) is 18.4 Å². The van der Waals surface area contributed by atoms with Gasteiger partial charge in [0.15, 0.2) is 5.96 Å². The molecular weight excluding hydrogens is 488 g/mol. The van der Waals surface area contributed by atoms with Crippen LogP contribution in [0.15, 0.2) is 29.3 Å². The molecule has 0 aliphatic carbocycles. The van der Waals surface area contributed by atoms with Crippen LogP contribution in [0.25, 0.3) is 0 Å². The highest BCUT2D eigenvalue weighted by molar-refractivity contribution is 6.02. The number of benzene rings is 1. The van der Waals surface area contributed by atoms with Gasteiger partial charge in [0.05, 0.1) is 18.6 Å². The summed E-state index contributed by atoms with van der Waals surface area (Å²) in [6.45, 7) is 1.54. The summed E-state index contributed by atoms with van der Waals surface area (Å²) in [5, 5.41) is 15.9. The number of amides is 4. The molecule has 0 aliphatic rings. The second-order valence-electron chi connectivity index (χ2n) is 7.95. The summed E-state index contributed by atoms with van der Waals surface area (Å²) < 4.78 is 4.55. The van der Waals surface area contributed by atoms with Gasteiger partial charge in [-0.25, -0.2) is 4.79 Å². The SMILES string of the molecule is CCCC[C@@H](NC(=O)OC)C(=O)NCC(=O)N(c1ccc([N+](=O)[O-])cc1)[C@@H](CCCN=C(N)N)C(N)=O. The number of guanidine groups is 1. The normalized spacial score (nSPS) is 11.9. The number of aliphatic imine (C=N–C) groups is 1. The fourth-order valence-corrected chi connectivity index (χ4v) is 3.37. The predicted molar refractivity (Wildman–Crippen MR) is 135 cm³/mol. The van der Waals surface area contributed by atoms with Crippen LogP contribution in [-0.4, -0.2) is 67.0 Å². The quantitative estimate of drug-likeness (QED) is 0.0676. The number of nitrogens with two attached hydrogens (primary N) is 3. The first-order chi connectivity index (χ1) is 17.5. The fourth-order valence-electron chi connectivity index (χ4n) is 3.37. The number of nitro groups is 1. The lowest BCUT2D eigenvalue weighted by Crippen LogP contribution is -2.53. The van der Waals surface area contributed by atoms with Crippen LogP contribution in [0.2, 0.25) is 0 Å². The van der Waals surface area contributed by atoms with Crippen molar-refractivity contribution in [2.45, 2.75) is 51.1 Å². The lowest BCUT2D eigenvalue weighted by molar-refractivity contribution is -0.384. The monoisotopic (exact) mass is 522 g/mol. The van der Waals surface area contributed by atoms with Gasteiger partial charge in [-0.3, -0.25) is 34.4 Å². The Morgan fingerprint density at radius 1 is 1.11 bits per heavy atom. The Bertz CT molecular complexity index is 980. The Morgan fingerprint density at radius 2 is 1.76 bits per heavy atom. The number of rotatable bonds is 15. The van der Waals surface area contributed by atoms with Crippen molar-refractivity contribution in [1.29, 1.82) is 0 Å². The maximum absolute atomic E-state index is 13.3. The van der Waals surface area contributed by atoms with Crippen molar-refractivity contribution in [3.8, 4) is 0 Å². The lowest BCUT2D eigenvalue weighted by Gasteiger charge is -2.30. The van der Waals surface area contributed by atoms with Crippen LogP contribution in [0.5, 0.6) is 0 Å². The van der Waals surface area contributed by atoms with Crippen molar-refractivity contribution in [3.05, 3.63) is 34.4 Å². The molecule has 0 saturated carbocycles. The van der Waals surface area contributed by atoms with E-state index in [1.807, 2.05) is 6.92 Å². The van der Waals surface area contributed by atoms with Crippen molar-refractivity contribution in [2.75, 3.05) is 25.1 Å². The number of hydrogen-bond acceptors (Lipinski definition) is 8. The van der Waals surface area contributed by atoms with E-state index in [1.54, 1.807) is 0 Å². The van der Waals surface area contributed by atoms with Crippen molar-refractivity contribution >= 4 is 41.1 Å². The van der Waals surface area contributed by atoms with Gasteiger partial charge < -0.3 is 32.6 Å². The summed E-state index contributed by atoms with van der Waals surface area (Å²) in [6, 6.07) is 2.84. The molecule has 1 aromatic rings. The number of carbonyl (C=O) groups is 4. The van der Waals surface area contributed by atoms with E-state index in [9.17, 15) is 29.3 Å². The molecule has 37 heavy (non-hydrogen) atoms. The van der Waals surface area contributed by atoms with Crippen molar-refractivity contribution in [3.63, 3.8) is 0 Å². The molecule has 4 amide bonds. The average molecular weight is 523 g/mol. The number of nitrogens with one attached hydrogen (secondary N) is 2. The van der Waals surface area contributed by atoms with Gasteiger partial charge in [-0.1, -0.05) is 19.8 Å². The van der Waals surface area contributed by atoms with E-state index in [2.05, 4.69) is 20.4 Å². The number of carbonyl (C=O) groups excluding carboxylic acids is 4. The number of nitrogens with zero attached hydrogens (tertiary/aromatic N) is 3. The number of alkyl carbamates (subject to hydrolysis) is 1. The molecule has 1 rings (SSSR count). The Labute approximate surface area is 213 Å². The van der Waals surface area contributed by atoms with E-state index < -0.39 is 47.4 Å². The van der Waals surface area contributed by atoms with Gasteiger partial charge in [0.1, 0.15) is 12.1 Å². The number of unbranched alkanes of at least 4 members (excludes halogenated alkanes) is 1. The van der Waals surface area contributed by atoms with Crippen LogP contribution < -0.4 is 32.7 Å². The molecule has 204 valence electrons. The van der Waals surface area contributed by atoms with Crippen molar-refractivity contribution < 1.29 is 28.8 Å². The molecule has 0 saturated heterocycles. The highest BCUT2D eigenvalue weighted by Gasteiger charge is 2.30. The number of nitro benzene ring substituents is 1. The lowest BCUT2D eigenvalue weighted by atomic mass is 10.1. The van der Waals surface area contributed by atoms with Gasteiger partial charge in [0.25, 0.3) is 5.69 Å². The molecule has 15 nitrogen and oxygen atoms in total. The molecule has 1 aromatic carbocycles. The first-order valence-corrected chi connectivity index (χ1v) is 11.5. The van der Waals surface area contributed by atoms with Crippen LogP contribution >= 0.6 is 0 Å². The van der Waals surface area contributed by atoms with Crippen molar-refractivity contribution in [2.24, 2.45) is 22.2 Å². The number of ether oxygens (including phenoxy) is 1. The molecule has 15 heteroatoms. The van der Waals surface area contributed by atoms with Gasteiger partial charge in [-0.15, -0.1) is 0 Å². The second kappa shape index (κ2) is 15.5. The summed E-state index contributed by atoms with van der Waals surface area (Å²) in [5.74, 6) is -2.31. The Morgan fingerprint density at radius 3 is 2.27 bits per heavy atom. The summed E-state index contributed by atoms with van der Waals surface area (Å²) in [7, 11) is 1.16. The number of primary amides is 1. The average Bonchev–Trinajstić information content (AvgIpc) is 2.86. The predicted octanol–water partition coefficient (Wildman–Crippen LogP) is -0.134. The zero-order valence-corrected chi connectivity index (χ0v) is 20.8. The van der Waals surface area contributed by atoms with E-state index in [4.69, 9.17) is 17.2 Å². The minimum atomic E-state index is -1.16. The van der Waals surface area contributed by atoms with Crippen LogP contribution in [0, 0.1) is 10.1 Å². The molecule has 0 aromatic heterocycles. The summed E-state index contributed by atoms with van der Waals surface area (Å²) in [5.41, 5.74) is 16.1. The number of anilines is 1. The van der Waals surface area contributed by atoms with Gasteiger partial charge in [0, 0.05) is 24.4 Å². The Hall–Kier alpha value is -4.43. The van der Waals surface area contributed by atoms with Crippen LogP contribution in [0.3, 0.4) is 0 Å². The summed E-state index contributed by atoms with van der Waals surface area (Å²) in [4.78, 5) is 65.2. The number of methoxy groups -OCH3 is 1. The molecule has 0 fully saturated rings. The third kappa shape index (κ3) is 10.4. The van der Waals surface area contributed by atoms with Gasteiger partial charge >= 0.3 is 6.09 Å². The smallest absolute Gasteiger partial charge is 0.407 e. The van der Waals surface area contributed by atoms with Crippen LogP contribution in [0.4, 0.5) is 16.2 Å². The third-order valence-electron chi connectivity index (χ3n) is 5.23. The number of non-ortho nitro benzene ring substituents is 1. The van der Waals surface area contributed by atoms with E-state index in [0.29, 0.717) is 12.8 Å². The van der Waals surface area contributed by atoms with E-state index in [1.165, 1.54) is 24.3 Å². The number of hydrogen-bond donors (Lipinski definition) is 5. The molecule has 8 N–H and O–H groups in total. The van der Waals surface area contributed by atoms with Gasteiger partial charge in [0.2, 0.25) is 17.7 Å². The first-order valence-electron chi connectivity index (χ1n) is 11.5. The van der Waals surface area contributed by atoms with Gasteiger partial charge in [-0.05, 0) is 31.4 Å². The fraction of sp³-hybridized carbons (Fsp3) is 0.500. The van der Waals surface area contributed by atoms with E-state index in [-0.39, 0.29) is 36.7 Å². The highest BCUT2D eigenvalue weighted by Crippen LogP contribution is 2.23. The molecule has 0 aliphatic heterocycles. The third-order valence-corrected chi connectivity index (χ3v) is 5.23.